The van der Waals surface area contributed by atoms with Gasteiger partial charge in [0.15, 0.2) is 5.78 Å². The van der Waals surface area contributed by atoms with Gasteiger partial charge in [0.1, 0.15) is 11.6 Å². The van der Waals surface area contributed by atoms with Crippen molar-refractivity contribution in [1.29, 1.82) is 0 Å². The number of benzene rings is 2. The normalized spacial score (nSPS) is 10.3. The second-order valence-corrected chi connectivity index (χ2v) is 5.06. The van der Waals surface area contributed by atoms with Crippen LogP contribution in [-0.2, 0) is 0 Å². The zero-order valence-corrected chi connectivity index (χ0v) is 12.3. The first-order valence-electron chi connectivity index (χ1n) is 5.36. The van der Waals surface area contributed by atoms with Crippen LogP contribution in [0, 0.1) is 5.82 Å². The van der Waals surface area contributed by atoms with Crippen molar-refractivity contribution in [2.45, 2.75) is 0 Å². The Morgan fingerprint density at radius 3 is 2.58 bits per heavy atom. The van der Waals surface area contributed by atoms with Crippen LogP contribution in [0.3, 0.4) is 0 Å². The third kappa shape index (κ3) is 2.96. The molecule has 0 aliphatic heterocycles. The number of hydrogen-bond donors (Lipinski definition) is 0. The van der Waals surface area contributed by atoms with Crippen molar-refractivity contribution in [3.05, 3.63) is 62.8 Å². The van der Waals surface area contributed by atoms with Crippen molar-refractivity contribution < 1.29 is 13.9 Å². The van der Waals surface area contributed by atoms with Crippen LogP contribution in [-0.4, -0.2) is 12.9 Å². The largest absolute Gasteiger partial charge is 0.497 e. The van der Waals surface area contributed by atoms with E-state index in [-0.39, 0.29) is 16.4 Å². The van der Waals surface area contributed by atoms with Crippen molar-refractivity contribution in [2.75, 3.05) is 7.11 Å². The predicted octanol–water partition coefficient (Wildman–Crippen LogP) is 4.48. The highest BCUT2D eigenvalue weighted by atomic mass is 79.9. The van der Waals surface area contributed by atoms with E-state index in [9.17, 15) is 9.18 Å². The van der Waals surface area contributed by atoms with Gasteiger partial charge in [-0.2, -0.15) is 0 Å². The molecule has 0 fully saturated rings. The van der Waals surface area contributed by atoms with E-state index < -0.39 is 5.82 Å². The fourth-order valence-electron chi connectivity index (χ4n) is 1.62. The quantitative estimate of drug-likeness (QED) is 0.768. The summed E-state index contributed by atoms with van der Waals surface area (Å²) < 4.78 is 18.7. The Kier molecular flexibility index (Phi) is 4.22. The Labute approximate surface area is 123 Å². The lowest BCUT2D eigenvalue weighted by Crippen LogP contribution is -2.04. The lowest BCUT2D eigenvalue weighted by atomic mass is 10.0. The average Bonchev–Trinajstić information content (AvgIpc) is 2.40. The number of carbonyl (C=O) groups excluding carboxylic acids is 1. The van der Waals surface area contributed by atoms with Gasteiger partial charge in [-0.15, -0.1) is 0 Å². The average molecular weight is 344 g/mol. The molecule has 0 saturated carbocycles. The number of halogens is 3. The number of carbonyl (C=O) groups is 1. The lowest BCUT2D eigenvalue weighted by Gasteiger charge is -2.07. The molecule has 0 aliphatic rings. The predicted molar refractivity (Wildman–Crippen MR) is 75.5 cm³/mol. The van der Waals surface area contributed by atoms with Crippen molar-refractivity contribution in [3.63, 3.8) is 0 Å². The molecule has 0 N–H and O–H groups in total. The molecule has 0 atom stereocenters. The summed E-state index contributed by atoms with van der Waals surface area (Å²) in [6.45, 7) is 0. The zero-order valence-electron chi connectivity index (χ0n) is 9.91. The van der Waals surface area contributed by atoms with Crippen LogP contribution in [0.5, 0.6) is 5.75 Å². The van der Waals surface area contributed by atoms with Gasteiger partial charge >= 0.3 is 0 Å². The van der Waals surface area contributed by atoms with Gasteiger partial charge in [0.25, 0.3) is 0 Å². The standard InChI is InChI=1S/C14H9BrClFO2/c1-19-9-3-4-10(13(16)7-9)14(18)11-6-8(17)2-5-12(11)15/h2-7H,1H3. The van der Waals surface area contributed by atoms with Crippen LogP contribution >= 0.6 is 27.5 Å². The Morgan fingerprint density at radius 2 is 1.95 bits per heavy atom. The van der Waals surface area contributed by atoms with Crippen LogP contribution in [0.1, 0.15) is 15.9 Å². The van der Waals surface area contributed by atoms with Crippen LogP contribution < -0.4 is 4.74 Å². The molecule has 5 heteroatoms. The molecule has 0 aliphatic carbocycles. The fourth-order valence-corrected chi connectivity index (χ4v) is 2.31. The van der Waals surface area contributed by atoms with E-state index in [1.165, 1.54) is 25.3 Å². The summed E-state index contributed by atoms with van der Waals surface area (Å²) in [6.07, 6.45) is 0. The molecule has 0 unspecified atom stereocenters. The molecule has 19 heavy (non-hydrogen) atoms. The minimum atomic E-state index is -0.476. The van der Waals surface area contributed by atoms with Gasteiger partial charge in [0.05, 0.1) is 12.1 Å². The maximum atomic E-state index is 13.2. The molecule has 0 saturated heterocycles. The van der Waals surface area contributed by atoms with Crippen LogP contribution in [0.25, 0.3) is 0 Å². The molecule has 0 radical (unpaired) electrons. The van der Waals surface area contributed by atoms with E-state index in [2.05, 4.69) is 15.9 Å². The molecule has 2 rings (SSSR count). The minimum absolute atomic E-state index is 0.229. The SMILES string of the molecule is COc1ccc(C(=O)c2cc(F)ccc2Br)c(Cl)c1. The second-order valence-electron chi connectivity index (χ2n) is 3.80. The van der Waals surface area contributed by atoms with E-state index in [1.807, 2.05) is 0 Å². The highest BCUT2D eigenvalue weighted by Crippen LogP contribution is 2.27. The molecule has 0 spiro atoms. The Hall–Kier alpha value is -1.39. The van der Waals surface area contributed by atoms with Crippen molar-refractivity contribution in [2.24, 2.45) is 0 Å². The maximum Gasteiger partial charge on any atom is 0.195 e. The van der Waals surface area contributed by atoms with E-state index in [1.54, 1.807) is 18.2 Å². The van der Waals surface area contributed by atoms with E-state index in [0.29, 0.717) is 15.8 Å². The smallest absolute Gasteiger partial charge is 0.195 e. The Balaban J connectivity index is 2.47. The van der Waals surface area contributed by atoms with Gasteiger partial charge in [-0.3, -0.25) is 4.79 Å². The monoisotopic (exact) mass is 342 g/mol. The molecule has 0 aromatic heterocycles. The second kappa shape index (κ2) is 5.72. The number of rotatable bonds is 3. The summed E-state index contributed by atoms with van der Waals surface area (Å²) in [5, 5.41) is 0.264. The van der Waals surface area contributed by atoms with Crippen molar-refractivity contribution in [1.82, 2.24) is 0 Å². The van der Waals surface area contributed by atoms with Gasteiger partial charge in [-0.05, 0) is 36.4 Å². The van der Waals surface area contributed by atoms with E-state index >= 15 is 0 Å². The highest BCUT2D eigenvalue weighted by Gasteiger charge is 2.16. The summed E-state index contributed by atoms with van der Waals surface area (Å²) in [5.74, 6) is -0.268. The van der Waals surface area contributed by atoms with E-state index in [4.69, 9.17) is 16.3 Å². The van der Waals surface area contributed by atoms with Gasteiger partial charge < -0.3 is 4.74 Å². The molecule has 2 nitrogen and oxygen atoms in total. The summed E-state index contributed by atoms with van der Waals surface area (Å²) in [4.78, 5) is 12.3. The summed E-state index contributed by atoms with van der Waals surface area (Å²) in [5.41, 5.74) is 0.529. The zero-order chi connectivity index (χ0) is 14.0. The maximum absolute atomic E-state index is 13.2. The molecule has 0 bridgehead atoms. The van der Waals surface area contributed by atoms with Crippen LogP contribution in [0.2, 0.25) is 5.02 Å². The fraction of sp³-hybridized carbons (Fsp3) is 0.0714. The van der Waals surface area contributed by atoms with Crippen LogP contribution in [0.4, 0.5) is 4.39 Å². The van der Waals surface area contributed by atoms with Crippen LogP contribution in [0.15, 0.2) is 40.9 Å². The Bertz CT molecular complexity index is 643. The lowest BCUT2D eigenvalue weighted by molar-refractivity contribution is 0.103. The minimum Gasteiger partial charge on any atom is -0.497 e. The molecule has 0 heterocycles. The van der Waals surface area contributed by atoms with Gasteiger partial charge in [-0.25, -0.2) is 4.39 Å². The van der Waals surface area contributed by atoms with Gasteiger partial charge in [0.2, 0.25) is 0 Å². The van der Waals surface area contributed by atoms with Crippen molar-refractivity contribution >= 4 is 33.3 Å². The Morgan fingerprint density at radius 1 is 1.21 bits per heavy atom. The topological polar surface area (TPSA) is 26.3 Å². The first kappa shape index (κ1) is 14.0. The number of hydrogen-bond acceptors (Lipinski definition) is 2. The molecule has 98 valence electrons. The van der Waals surface area contributed by atoms with E-state index in [0.717, 1.165) is 0 Å². The molecule has 2 aromatic rings. The third-order valence-electron chi connectivity index (χ3n) is 2.59. The summed E-state index contributed by atoms with van der Waals surface area (Å²) >= 11 is 9.26. The molecular weight excluding hydrogens is 335 g/mol. The van der Waals surface area contributed by atoms with Gasteiger partial charge in [-0.1, -0.05) is 27.5 Å². The number of methoxy groups -OCH3 is 1. The first-order chi connectivity index (χ1) is 9.02. The molecule has 2 aromatic carbocycles. The number of ketones is 1. The molecule has 0 amide bonds. The van der Waals surface area contributed by atoms with Gasteiger partial charge in [0, 0.05) is 15.6 Å². The summed E-state index contributed by atoms with van der Waals surface area (Å²) in [7, 11) is 1.51. The first-order valence-corrected chi connectivity index (χ1v) is 6.53. The highest BCUT2D eigenvalue weighted by molar-refractivity contribution is 9.10. The van der Waals surface area contributed by atoms with Crippen molar-refractivity contribution in [3.8, 4) is 5.75 Å². The summed E-state index contributed by atoms with van der Waals surface area (Å²) in [6, 6.07) is 8.67. The molecular formula is C14H9BrClFO2. The number of ether oxygens (including phenoxy) is 1. The third-order valence-corrected chi connectivity index (χ3v) is 3.60.